The summed E-state index contributed by atoms with van der Waals surface area (Å²) in [4.78, 5) is 27.7. The molecule has 1 aromatic rings. The second-order valence-corrected chi connectivity index (χ2v) is 6.54. The average Bonchev–Trinajstić information content (AvgIpc) is 2.58. The molecule has 6 nitrogen and oxygen atoms in total. The number of anilines is 1. The zero-order valence-electron chi connectivity index (χ0n) is 14.4. The standard InChI is InChI=1S/C18H27N3O3/c1-14(2)17(18(23)24)19-16(22)8-9-20-10-12-21(13-11-20)15-6-4-3-5-7-15/h3-7,14,17H,8-13H2,1-2H3,(H,19,22)(H,23,24)/t17-/m0/s1. The molecule has 2 N–H and O–H groups in total. The Morgan fingerprint density at radius 1 is 1.12 bits per heavy atom. The summed E-state index contributed by atoms with van der Waals surface area (Å²) in [7, 11) is 0. The molecule has 1 saturated heterocycles. The Labute approximate surface area is 143 Å². The van der Waals surface area contributed by atoms with Crippen molar-refractivity contribution in [1.29, 1.82) is 0 Å². The summed E-state index contributed by atoms with van der Waals surface area (Å²) in [6.07, 6.45) is 0.335. The lowest BCUT2D eigenvalue weighted by Gasteiger charge is -2.36. The van der Waals surface area contributed by atoms with Crippen LogP contribution < -0.4 is 10.2 Å². The number of nitrogens with one attached hydrogen (secondary N) is 1. The highest BCUT2D eigenvalue weighted by Gasteiger charge is 2.24. The molecule has 1 aromatic carbocycles. The number of benzene rings is 1. The van der Waals surface area contributed by atoms with Gasteiger partial charge in [-0.25, -0.2) is 4.79 Å². The van der Waals surface area contributed by atoms with E-state index in [4.69, 9.17) is 5.11 Å². The molecule has 6 heteroatoms. The van der Waals surface area contributed by atoms with Crippen molar-refractivity contribution in [1.82, 2.24) is 10.2 Å². The van der Waals surface area contributed by atoms with Crippen LogP contribution in [0, 0.1) is 5.92 Å². The van der Waals surface area contributed by atoms with Gasteiger partial charge in [0.2, 0.25) is 5.91 Å². The molecule has 1 heterocycles. The molecule has 2 rings (SSSR count). The van der Waals surface area contributed by atoms with E-state index in [-0.39, 0.29) is 11.8 Å². The van der Waals surface area contributed by atoms with E-state index in [1.807, 2.05) is 18.2 Å². The summed E-state index contributed by atoms with van der Waals surface area (Å²) in [5.41, 5.74) is 1.23. The predicted molar refractivity (Wildman–Crippen MR) is 94.1 cm³/mol. The highest BCUT2D eigenvalue weighted by atomic mass is 16.4. The van der Waals surface area contributed by atoms with Crippen molar-refractivity contribution in [3.63, 3.8) is 0 Å². The molecule has 0 spiro atoms. The molecule has 0 bridgehead atoms. The van der Waals surface area contributed by atoms with Gasteiger partial charge in [-0.05, 0) is 18.1 Å². The first-order valence-electron chi connectivity index (χ1n) is 8.52. The average molecular weight is 333 g/mol. The Kier molecular flexibility index (Phi) is 6.61. The van der Waals surface area contributed by atoms with Gasteiger partial charge in [0.15, 0.2) is 0 Å². The molecule has 0 aliphatic carbocycles. The Bertz CT molecular complexity index is 540. The van der Waals surface area contributed by atoms with Gasteiger partial charge in [0, 0.05) is 44.8 Å². The Morgan fingerprint density at radius 2 is 1.75 bits per heavy atom. The lowest BCUT2D eigenvalue weighted by atomic mass is 10.0. The summed E-state index contributed by atoms with van der Waals surface area (Å²) in [6.45, 7) is 7.96. The number of para-hydroxylation sites is 1. The van der Waals surface area contributed by atoms with Crippen LogP contribution in [0.25, 0.3) is 0 Å². The molecule has 1 atom stereocenters. The van der Waals surface area contributed by atoms with Gasteiger partial charge in [0.05, 0.1) is 0 Å². The number of carboxylic acid groups (broad SMARTS) is 1. The number of carbonyl (C=O) groups is 2. The third-order valence-electron chi connectivity index (χ3n) is 4.40. The van der Waals surface area contributed by atoms with Crippen LogP contribution in [-0.4, -0.2) is 60.6 Å². The highest BCUT2D eigenvalue weighted by molar-refractivity contribution is 5.83. The maximum atomic E-state index is 12.0. The molecule has 1 aliphatic heterocycles. The summed E-state index contributed by atoms with van der Waals surface area (Å²) in [5.74, 6) is -1.29. The summed E-state index contributed by atoms with van der Waals surface area (Å²) in [6, 6.07) is 9.51. The fourth-order valence-corrected chi connectivity index (χ4v) is 2.89. The van der Waals surface area contributed by atoms with Crippen LogP contribution in [0.5, 0.6) is 0 Å². The quantitative estimate of drug-likeness (QED) is 0.790. The molecule has 24 heavy (non-hydrogen) atoms. The molecule has 0 radical (unpaired) electrons. The number of aliphatic carboxylic acids is 1. The first-order valence-corrected chi connectivity index (χ1v) is 8.52. The third kappa shape index (κ3) is 5.23. The monoisotopic (exact) mass is 333 g/mol. The first-order chi connectivity index (χ1) is 11.5. The topological polar surface area (TPSA) is 72.9 Å². The number of hydrogen-bond donors (Lipinski definition) is 2. The van der Waals surface area contributed by atoms with E-state index >= 15 is 0 Å². The number of carboxylic acids is 1. The Balaban J connectivity index is 1.72. The largest absolute Gasteiger partial charge is 0.480 e. The van der Waals surface area contributed by atoms with Crippen molar-refractivity contribution in [2.24, 2.45) is 5.92 Å². The maximum Gasteiger partial charge on any atom is 0.326 e. The minimum atomic E-state index is -0.977. The summed E-state index contributed by atoms with van der Waals surface area (Å²) >= 11 is 0. The molecule has 0 unspecified atom stereocenters. The van der Waals surface area contributed by atoms with Crippen LogP contribution in [0.2, 0.25) is 0 Å². The zero-order valence-corrected chi connectivity index (χ0v) is 14.4. The van der Waals surface area contributed by atoms with Gasteiger partial charge in [-0.2, -0.15) is 0 Å². The van der Waals surface area contributed by atoms with Crippen LogP contribution >= 0.6 is 0 Å². The molecule has 1 fully saturated rings. The van der Waals surface area contributed by atoms with E-state index in [9.17, 15) is 9.59 Å². The first kappa shape index (κ1) is 18.3. The highest BCUT2D eigenvalue weighted by Crippen LogP contribution is 2.15. The van der Waals surface area contributed by atoms with Gasteiger partial charge in [-0.3, -0.25) is 9.69 Å². The number of rotatable bonds is 7. The van der Waals surface area contributed by atoms with Crippen LogP contribution in [0.1, 0.15) is 20.3 Å². The van der Waals surface area contributed by atoms with Crippen molar-refractivity contribution in [3.8, 4) is 0 Å². The van der Waals surface area contributed by atoms with Crippen LogP contribution in [-0.2, 0) is 9.59 Å². The fraction of sp³-hybridized carbons (Fsp3) is 0.556. The van der Waals surface area contributed by atoms with Gasteiger partial charge < -0.3 is 15.3 Å². The lowest BCUT2D eigenvalue weighted by Crippen LogP contribution is -2.48. The predicted octanol–water partition coefficient (Wildman–Crippen LogP) is 1.42. The minimum Gasteiger partial charge on any atom is -0.480 e. The Morgan fingerprint density at radius 3 is 2.29 bits per heavy atom. The van der Waals surface area contributed by atoms with Crippen molar-refractivity contribution in [3.05, 3.63) is 30.3 Å². The molecular formula is C18H27N3O3. The summed E-state index contributed by atoms with van der Waals surface area (Å²) < 4.78 is 0. The number of hydrogen-bond acceptors (Lipinski definition) is 4. The van der Waals surface area contributed by atoms with Gasteiger partial charge in [-0.1, -0.05) is 32.0 Å². The summed E-state index contributed by atoms with van der Waals surface area (Å²) in [5, 5.41) is 11.7. The van der Waals surface area contributed by atoms with Crippen molar-refractivity contribution in [2.75, 3.05) is 37.6 Å². The molecule has 1 aliphatic rings. The second kappa shape index (κ2) is 8.68. The number of carbonyl (C=O) groups excluding carboxylic acids is 1. The van der Waals surface area contributed by atoms with Crippen molar-refractivity contribution < 1.29 is 14.7 Å². The molecule has 1 amide bonds. The fourth-order valence-electron chi connectivity index (χ4n) is 2.89. The molecule has 0 aromatic heterocycles. The lowest BCUT2D eigenvalue weighted by molar-refractivity contribution is -0.143. The SMILES string of the molecule is CC(C)[C@H](NC(=O)CCN1CCN(c2ccccc2)CC1)C(=O)O. The smallest absolute Gasteiger partial charge is 0.326 e. The molecular weight excluding hydrogens is 306 g/mol. The molecule has 132 valence electrons. The maximum absolute atomic E-state index is 12.0. The van der Waals surface area contributed by atoms with E-state index in [0.29, 0.717) is 13.0 Å². The second-order valence-electron chi connectivity index (χ2n) is 6.54. The van der Waals surface area contributed by atoms with Crippen molar-refractivity contribution >= 4 is 17.6 Å². The van der Waals surface area contributed by atoms with E-state index in [2.05, 4.69) is 27.2 Å². The minimum absolute atomic E-state index is 0.124. The van der Waals surface area contributed by atoms with E-state index in [1.165, 1.54) is 5.69 Å². The van der Waals surface area contributed by atoms with Crippen LogP contribution in [0.3, 0.4) is 0 Å². The number of nitrogens with zero attached hydrogens (tertiary/aromatic N) is 2. The van der Waals surface area contributed by atoms with E-state index in [0.717, 1.165) is 26.2 Å². The number of piperazine rings is 1. The van der Waals surface area contributed by atoms with E-state index in [1.54, 1.807) is 13.8 Å². The zero-order chi connectivity index (χ0) is 17.5. The van der Waals surface area contributed by atoms with Gasteiger partial charge in [0.1, 0.15) is 6.04 Å². The molecule has 0 saturated carbocycles. The van der Waals surface area contributed by atoms with Crippen molar-refractivity contribution in [2.45, 2.75) is 26.3 Å². The van der Waals surface area contributed by atoms with Gasteiger partial charge in [0.25, 0.3) is 0 Å². The number of amides is 1. The van der Waals surface area contributed by atoms with Gasteiger partial charge >= 0.3 is 5.97 Å². The van der Waals surface area contributed by atoms with Crippen LogP contribution in [0.4, 0.5) is 5.69 Å². The normalized spacial score (nSPS) is 16.9. The Hall–Kier alpha value is -2.08. The van der Waals surface area contributed by atoms with E-state index < -0.39 is 12.0 Å². The third-order valence-corrected chi connectivity index (χ3v) is 4.40. The van der Waals surface area contributed by atoms with Gasteiger partial charge in [-0.15, -0.1) is 0 Å². The van der Waals surface area contributed by atoms with Crippen LogP contribution in [0.15, 0.2) is 30.3 Å².